The van der Waals surface area contributed by atoms with Crippen LogP contribution in [0.1, 0.15) is 41.6 Å². The Morgan fingerprint density at radius 2 is 1.96 bits per heavy atom. The predicted octanol–water partition coefficient (Wildman–Crippen LogP) is 4.31. The summed E-state index contributed by atoms with van der Waals surface area (Å²) >= 11 is 0. The van der Waals surface area contributed by atoms with Crippen molar-refractivity contribution in [2.24, 2.45) is 0 Å². The quantitative estimate of drug-likeness (QED) is 0.692. The van der Waals surface area contributed by atoms with Gasteiger partial charge in [0.15, 0.2) is 0 Å². The highest BCUT2D eigenvalue weighted by Gasteiger charge is 2.27. The molecule has 5 heteroatoms. The first-order chi connectivity index (χ1) is 13.0. The maximum atomic E-state index is 13.5. The highest BCUT2D eigenvalue weighted by molar-refractivity contribution is 6.07. The van der Waals surface area contributed by atoms with Crippen molar-refractivity contribution in [2.75, 3.05) is 11.9 Å². The summed E-state index contributed by atoms with van der Waals surface area (Å²) in [6, 6.07) is 13.1. The van der Waals surface area contributed by atoms with E-state index in [0.717, 1.165) is 29.3 Å². The van der Waals surface area contributed by atoms with Crippen molar-refractivity contribution in [3.8, 4) is 0 Å². The Hall–Kier alpha value is -2.95. The highest BCUT2D eigenvalue weighted by atomic mass is 19.1. The number of anilines is 1. The zero-order valence-electron chi connectivity index (χ0n) is 15.4. The van der Waals surface area contributed by atoms with E-state index in [1.54, 1.807) is 35.9 Å². The number of nitrogens with zero attached hydrogens (tertiary/aromatic N) is 2. The lowest BCUT2D eigenvalue weighted by Gasteiger charge is -2.19. The van der Waals surface area contributed by atoms with Gasteiger partial charge in [0.25, 0.3) is 11.5 Å². The molecule has 4 nitrogen and oxygen atoms in total. The molecular weight excluding hydrogens is 343 g/mol. The van der Waals surface area contributed by atoms with Gasteiger partial charge in [0.05, 0.1) is 5.52 Å². The lowest BCUT2D eigenvalue weighted by Crippen LogP contribution is -2.26. The Bertz CT molecular complexity index is 1100. The molecule has 2 aromatic carbocycles. The van der Waals surface area contributed by atoms with E-state index < -0.39 is 0 Å². The first-order valence-corrected chi connectivity index (χ1v) is 9.20. The van der Waals surface area contributed by atoms with Crippen LogP contribution in [-0.4, -0.2) is 17.5 Å². The molecule has 0 aliphatic heterocycles. The average Bonchev–Trinajstić information content (AvgIpc) is 3.51. The molecule has 1 heterocycles. The van der Waals surface area contributed by atoms with E-state index in [-0.39, 0.29) is 17.3 Å². The summed E-state index contributed by atoms with van der Waals surface area (Å²) in [5.74, 6) is -0.190. The Morgan fingerprint density at radius 1 is 1.19 bits per heavy atom. The molecule has 0 bridgehead atoms. The Morgan fingerprint density at radius 3 is 2.63 bits per heavy atom. The van der Waals surface area contributed by atoms with Crippen LogP contribution in [0.5, 0.6) is 0 Å². The van der Waals surface area contributed by atoms with Crippen molar-refractivity contribution in [2.45, 2.75) is 32.2 Å². The van der Waals surface area contributed by atoms with Crippen LogP contribution >= 0.6 is 0 Å². The molecule has 0 radical (unpaired) electrons. The molecule has 138 valence electrons. The zero-order valence-corrected chi connectivity index (χ0v) is 15.4. The number of pyridine rings is 1. The molecule has 1 aliphatic carbocycles. The lowest BCUT2D eigenvalue weighted by molar-refractivity contribution is 0.0993. The molecule has 1 aromatic heterocycles. The number of benzene rings is 2. The van der Waals surface area contributed by atoms with Crippen molar-refractivity contribution in [1.82, 2.24) is 4.57 Å². The van der Waals surface area contributed by atoms with Gasteiger partial charge in [-0.1, -0.05) is 6.07 Å². The largest absolute Gasteiger partial charge is 0.311 e. The molecule has 0 unspecified atom stereocenters. The van der Waals surface area contributed by atoms with E-state index in [2.05, 4.69) is 0 Å². The number of carbonyl (C=O) groups is 1. The number of amides is 1. The molecule has 0 spiro atoms. The molecule has 0 atom stereocenters. The van der Waals surface area contributed by atoms with Gasteiger partial charge in [-0.15, -0.1) is 0 Å². The number of hydrogen-bond donors (Lipinski definition) is 0. The maximum absolute atomic E-state index is 13.5. The summed E-state index contributed by atoms with van der Waals surface area (Å²) in [6.07, 6.45) is 2.15. The molecule has 4 rings (SSSR count). The van der Waals surface area contributed by atoms with Crippen LogP contribution in [0, 0.1) is 5.82 Å². The van der Waals surface area contributed by atoms with Crippen LogP contribution in [-0.2, 0) is 6.54 Å². The van der Waals surface area contributed by atoms with E-state index in [9.17, 15) is 14.0 Å². The van der Waals surface area contributed by atoms with Crippen molar-refractivity contribution < 1.29 is 9.18 Å². The maximum Gasteiger partial charge on any atom is 0.258 e. The van der Waals surface area contributed by atoms with Crippen LogP contribution < -0.4 is 10.5 Å². The van der Waals surface area contributed by atoms with Crippen molar-refractivity contribution in [3.05, 3.63) is 75.8 Å². The number of carbonyl (C=O) groups excluding carboxylic acids is 1. The minimum Gasteiger partial charge on any atom is -0.311 e. The fraction of sp³-hybridized carbons (Fsp3) is 0.273. The Balaban J connectivity index is 1.81. The Labute approximate surface area is 156 Å². The zero-order chi connectivity index (χ0) is 19.1. The van der Waals surface area contributed by atoms with Gasteiger partial charge in [-0.05, 0) is 67.6 Å². The van der Waals surface area contributed by atoms with Crippen LogP contribution in [0.15, 0.2) is 53.3 Å². The van der Waals surface area contributed by atoms with Gasteiger partial charge in [0, 0.05) is 36.3 Å². The minimum atomic E-state index is -0.381. The number of fused-ring (bicyclic) bond motifs is 1. The van der Waals surface area contributed by atoms with Gasteiger partial charge in [-0.2, -0.15) is 0 Å². The topological polar surface area (TPSA) is 42.3 Å². The van der Waals surface area contributed by atoms with Gasteiger partial charge < -0.3 is 9.47 Å². The van der Waals surface area contributed by atoms with Crippen LogP contribution in [0.4, 0.5) is 10.1 Å². The molecule has 27 heavy (non-hydrogen) atoms. The monoisotopic (exact) mass is 364 g/mol. The number of aromatic nitrogens is 1. The summed E-state index contributed by atoms with van der Waals surface area (Å²) in [5, 5.41) is 0.956. The third-order valence-corrected chi connectivity index (χ3v) is 5.22. The third kappa shape index (κ3) is 3.14. The summed E-state index contributed by atoms with van der Waals surface area (Å²) < 4.78 is 15.2. The number of rotatable bonds is 4. The van der Waals surface area contributed by atoms with Crippen molar-refractivity contribution >= 4 is 22.5 Å². The fourth-order valence-corrected chi connectivity index (χ4v) is 3.60. The summed E-state index contributed by atoms with van der Waals surface area (Å²) in [4.78, 5) is 26.8. The van der Waals surface area contributed by atoms with E-state index >= 15 is 0 Å². The SMILES string of the molecule is CCn1c(=O)cc(C2CC2)c2cc(C(=O)N(C)c3cccc(F)c3)ccc21. The van der Waals surface area contributed by atoms with Gasteiger partial charge in [-0.25, -0.2) is 4.39 Å². The second-order valence-electron chi connectivity index (χ2n) is 7.03. The Kier molecular flexibility index (Phi) is 4.30. The second kappa shape index (κ2) is 6.65. The molecular formula is C22H21FN2O2. The average molecular weight is 364 g/mol. The van der Waals surface area contributed by atoms with Gasteiger partial charge in [0.2, 0.25) is 0 Å². The van der Waals surface area contributed by atoms with Crippen LogP contribution in [0.2, 0.25) is 0 Å². The van der Waals surface area contributed by atoms with E-state index in [1.165, 1.54) is 17.0 Å². The third-order valence-electron chi connectivity index (χ3n) is 5.22. The van der Waals surface area contributed by atoms with E-state index in [0.29, 0.717) is 23.7 Å². The first kappa shape index (κ1) is 17.5. The van der Waals surface area contributed by atoms with E-state index in [1.807, 2.05) is 19.1 Å². The minimum absolute atomic E-state index is 0.00264. The van der Waals surface area contributed by atoms with Crippen LogP contribution in [0.25, 0.3) is 10.9 Å². The molecule has 1 fully saturated rings. The summed E-state index contributed by atoms with van der Waals surface area (Å²) in [5.41, 5.74) is 2.92. The fourth-order valence-electron chi connectivity index (χ4n) is 3.60. The highest BCUT2D eigenvalue weighted by Crippen LogP contribution is 2.42. The van der Waals surface area contributed by atoms with Gasteiger partial charge in [0.1, 0.15) is 5.82 Å². The molecule has 0 saturated heterocycles. The van der Waals surface area contributed by atoms with E-state index in [4.69, 9.17) is 0 Å². The molecule has 0 N–H and O–H groups in total. The van der Waals surface area contributed by atoms with Crippen LogP contribution in [0.3, 0.4) is 0 Å². The smallest absolute Gasteiger partial charge is 0.258 e. The first-order valence-electron chi connectivity index (χ1n) is 9.20. The van der Waals surface area contributed by atoms with Gasteiger partial charge in [-0.3, -0.25) is 9.59 Å². The molecule has 1 saturated carbocycles. The standard InChI is InChI=1S/C22H21FN2O2/c1-3-25-20-10-9-15(11-19(20)18(13-21(25)26)14-7-8-14)22(27)24(2)17-6-4-5-16(23)12-17/h4-6,9-14H,3,7-8H2,1-2H3. The predicted molar refractivity (Wildman–Crippen MR) is 105 cm³/mol. The van der Waals surface area contributed by atoms with Crippen molar-refractivity contribution in [3.63, 3.8) is 0 Å². The normalized spacial score (nSPS) is 13.7. The number of halogens is 1. The molecule has 1 amide bonds. The summed E-state index contributed by atoms with van der Waals surface area (Å²) in [6.45, 7) is 2.52. The number of aryl methyl sites for hydroxylation is 1. The molecule has 1 aliphatic rings. The molecule has 3 aromatic rings. The van der Waals surface area contributed by atoms with Crippen molar-refractivity contribution in [1.29, 1.82) is 0 Å². The lowest BCUT2D eigenvalue weighted by atomic mass is 10.0. The second-order valence-corrected chi connectivity index (χ2v) is 7.03. The summed E-state index contributed by atoms with van der Waals surface area (Å²) in [7, 11) is 1.63. The number of hydrogen-bond acceptors (Lipinski definition) is 2. The van der Waals surface area contributed by atoms with Gasteiger partial charge >= 0.3 is 0 Å².